The highest BCUT2D eigenvalue weighted by atomic mass is 16.5. The van der Waals surface area contributed by atoms with Crippen molar-refractivity contribution in [2.24, 2.45) is 0 Å². The smallest absolute Gasteiger partial charge is 0.119 e. The van der Waals surface area contributed by atoms with Crippen molar-refractivity contribution < 1.29 is 4.74 Å². The lowest BCUT2D eigenvalue weighted by Gasteiger charge is -2.19. The Labute approximate surface area is 194 Å². The standard InChI is InChI=1S/C32H26O/c1-2-33-24-20-19-22-13-10-18-29(30(22)21-24)32-27-16-8-6-14-25(27)31(23-11-4-3-5-12-23)26-15-7-9-17-28(26)32/h3-6,8,10-21H,2,7,9H2,1H3. The maximum Gasteiger partial charge on any atom is 0.119 e. The van der Waals surface area contributed by atoms with E-state index in [1.807, 2.05) is 6.92 Å². The van der Waals surface area contributed by atoms with Gasteiger partial charge in [-0.1, -0.05) is 91.0 Å². The number of benzene rings is 5. The van der Waals surface area contributed by atoms with Gasteiger partial charge in [0.15, 0.2) is 0 Å². The minimum atomic E-state index is 0.667. The zero-order chi connectivity index (χ0) is 22.2. The van der Waals surface area contributed by atoms with E-state index in [9.17, 15) is 0 Å². The van der Waals surface area contributed by atoms with Crippen LogP contribution in [0, 0.1) is 0 Å². The summed E-state index contributed by atoms with van der Waals surface area (Å²) in [5, 5.41) is 7.80. The highest BCUT2D eigenvalue weighted by molar-refractivity contribution is 6.10. The Bertz CT molecular complexity index is 1610. The van der Waals surface area contributed by atoms with Crippen molar-refractivity contribution in [3.05, 3.63) is 101 Å². The van der Waals surface area contributed by atoms with Crippen LogP contribution in [0.15, 0.2) is 91.0 Å². The second-order valence-corrected chi connectivity index (χ2v) is 8.60. The molecule has 0 spiro atoms. The fourth-order valence-corrected chi connectivity index (χ4v) is 5.29. The average molecular weight is 427 g/mol. The van der Waals surface area contributed by atoms with Crippen molar-refractivity contribution >= 4 is 33.7 Å². The Morgan fingerprint density at radius 3 is 2.09 bits per heavy atom. The van der Waals surface area contributed by atoms with Crippen LogP contribution in [0.3, 0.4) is 0 Å². The van der Waals surface area contributed by atoms with Crippen LogP contribution in [0.5, 0.6) is 5.75 Å². The molecule has 0 saturated heterocycles. The first-order valence-electron chi connectivity index (χ1n) is 11.8. The van der Waals surface area contributed by atoms with Gasteiger partial charge < -0.3 is 4.74 Å². The van der Waals surface area contributed by atoms with E-state index in [-0.39, 0.29) is 0 Å². The molecule has 0 bridgehead atoms. The molecule has 6 rings (SSSR count). The molecule has 0 amide bonds. The fraction of sp³-hybridized carbons (Fsp3) is 0.125. The first-order valence-corrected chi connectivity index (χ1v) is 11.8. The maximum absolute atomic E-state index is 5.87. The monoisotopic (exact) mass is 426 g/mol. The molecule has 1 heteroatoms. The van der Waals surface area contributed by atoms with E-state index in [0.29, 0.717) is 6.61 Å². The second-order valence-electron chi connectivity index (χ2n) is 8.60. The third kappa shape index (κ3) is 3.32. The van der Waals surface area contributed by atoms with Gasteiger partial charge in [-0.2, -0.15) is 0 Å². The number of rotatable bonds is 4. The van der Waals surface area contributed by atoms with Crippen LogP contribution in [-0.2, 0) is 0 Å². The topological polar surface area (TPSA) is 9.23 Å². The van der Waals surface area contributed by atoms with Crippen LogP contribution in [-0.4, -0.2) is 6.61 Å². The van der Waals surface area contributed by atoms with Crippen LogP contribution < -0.4 is 15.2 Å². The molecule has 0 saturated carbocycles. The summed E-state index contributed by atoms with van der Waals surface area (Å²) in [4.78, 5) is 0. The van der Waals surface area contributed by atoms with E-state index in [0.717, 1.165) is 18.6 Å². The van der Waals surface area contributed by atoms with Crippen LogP contribution in [0.25, 0.3) is 56.0 Å². The van der Waals surface area contributed by atoms with Crippen LogP contribution in [0.1, 0.15) is 19.8 Å². The zero-order valence-corrected chi connectivity index (χ0v) is 18.8. The summed E-state index contributed by atoms with van der Waals surface area (Å²) in [5.74, 6) is 0.923. The van der Waals surface area contributed by atoms with E-state index in [1.54, 1.807) is 0 Å². The summed E-state index contributed by atoms with van der Waals surface area (Å²) in [6.07, 6.45) is 7.02. The summed E-state index contributed by atoms with van der Waals surface area (Å²) >= 11 is 0. The molecule has 0 aliphatic heterocycles. The van der Waals surface area contributed by atoms with Crippen molar-refractivity contribution in [1.29, 1.82) is 0 Å². The third-order valence-corrected chi connectivity index (χ3v) is 6.65. The van der Waals surface area contributed by atoms with Gasteiger partial charge >= 0.3 is 0 Å². The number of fused-ring (bicyclic) bond motifs is 3. The molecular weight excluding hydrogens is 400 g/mol. The molecule has 5 aromatic rings. The van der Waals surface area contributed by atoms with E-state index < -0.39 is 0 Å². The molecule has 160 valence electrons. The Morgan fingerprint density at radius 1 is 0.636 bits per heavy atom. The molecule has 1 aliphatic rings. The van der Waals surface area contributed by atoms with Crippen LogP contribution >= 0.6 is 0 Å². The van der Waals surface area contributed by atoms with Crippen molar-refractivity contribution in [3.8, 4) is 28.0 Å². The Morgan fingerprint density at radius 2 is 1.33 bits per heavy atom. The second kappa shape index (κ2) is 8.26. The van der Waals surface area contributed by atoms with E-state index in [4.69, 9.17) is 4.74 Å². The van der Waals surface area contributed by atoms with Gasteiger partial charge in [-0.05, 0) is 86.1 Å². The SMILES string of the molecule is CCOc1ccc2cccc(-c3c4c(c(-c5ccccc5)c5ccccc35)=CCCC=4)c2c1. The molecule has 1 aliphatic carbocycles. The Balaban J connectivity index is 1.78. The number of hydrogen-bond acceptors (Lipinski definition) is 1. The van der Waals surface area contributed by atoms with Gasteiger partial charge in [-0.25, -0.2) is 0 Å². The molecule has 0 N–H and O–H groups in total. The first kappa shape index (κ1) is 19.8. The Kier molecular flexibility index (Phi) is 4.96. The molecule has 0 heterocycles. The molecule has 0 fully saturated rings. The van der Waals surface area contributed by atoms with Gasteiger partial charge in [-0.15, -0.1) is 0 Å². The molecule has 0 unspecified atom stereocenters. The van der Waals surface area contributed by atoms with E-state index >= 15 is 0 Å². The van der Waals surface area contributed by atoms with Crippen molar-refractivity contribution in [2.75, 3.05) is 6.61 Å². The van der Waals surface area contributed by atoms with Crippen molar-refractivity contribution in [1.82, 2.24) is 0 Å². The molecule has 5 aromatic carbocycles. The average Bonchev–Trinajstić information content (AvgIpc) is 2.88. The van der Waals surface area contributed by atoms with Gasteiger partial charge in [0, 0.05) is 0 Å². The zero-order valence-electron chi connectivity index (χ0n) is 18.8. The summed E-state index contributed by atoms with van der Waals surface area (Å²) in [6.45, 7) is 2.70. The van der Waals surface area contributed by atoms with Gasteiger partial charge in [-0.3, -0.25) is 0 Å². The predicted octanol–water partition coefficient (Wildman–Crippen LogP) is 7.08. The summed E-state index contributed by atoms with van der Waals surface area (Å²) in [7, 11) is 0. The first-order chi connectivity index (χ1) is 16.3. The molecule has 0 aromatic heterocycles. The van der Waals surface area contributed by atoms with Crippen LogP contribution in [0.2, 0.25) is 0 Å². The van der Waals surface area contributed by atoms with Crippen molar-refractivity contribution in [3.63, 3.8) is 0 Å². The third-order valence-electron chi connectivity index (χ3n) is 6.65. The summed E-state index contributed by atoms with van der Waals surface area (Å²) < 4.78 is 5.87. The fourth-order valence-electron chi connectivity index (χ4n) is 5.29. The normalized spacial score (nSPS) is 12.8. The summed E-state index contributed by atoms with van der Waals surface area (Å²) in [6, 6.07) is 32.8. The molecule has 1 nitrogen and oxygen atoms in total. The number of hydrogen-bond donors (Lipinski definition) is 0. The Hall–Kier alpha value is -3.84. The van der Waals surface area contributed by atoms with Gasteiger partial charge in [0.1, 0.15) is 5.75 Å². The predicted molar refractivity (Wildman–Crippen MR) is 141 cm³/mol. The minimum Gasteiger partial charge on any atom is -0.494 e. The molecule has 33 heavy (non-hydrogen) atoms. The molecule has 0 radical (unpaired) electrons. The number of ether oxygens (including phenoxy) is 1. The highest BCUT2D eigenvalue weighted by Gasteiger charge is 2.17. The molecular formula is C32H26O. The largest absolute Gasteiger partial charge is 0.494 e. The highest BCUT2D eigenvalue weighted by Crippen LogP contribution is 2.36. The molecule has 0 atom stereocenters. The lowest BCUT2D eigenvalue weighted by molar-refractivity contribution is 0.341. The van der Waals surface area contributed by atoms with Crippen LogP contribution in [0.4, 0.5) is 0 Å². The lowest BCUT2D eigenvalue weighted by Crippen LogP contribution is -2.31. The quantitative estimate of drug-likeness (QED) is 0.298. The van der Waals surface area contributed by atoms with E-state index in [1.165, 1.54) is 54.2 Å². The summed E-state index contributed by atoms with van der Waals surface area (Å²) in [5.41, 5.74) is 5.22. The minimum absolute atomic E-state index is 0.667. The van der Waals surface area contributed by atoms with Crippen molar-refractivity contribution in [2.45, 2.75) is 19.8 Å². The van der Waals surface area contributed by atoms with Gasteiger partial charge in [0.05, 0.1) is 6.61 Å². The maximum atomic E-state index is 5.87. The lowest BCUT2D eigenvalue weighted by atomic mass is 9.85. The van der Waals surface area contributed by atoms with E-state index in [2.05, 4.69) is 103 Å². The van der Waals surface area contributed by atoms with Gasteiger partial charge in [0.2, 0.25) is 0 Å². The van der Waals surface area contributed by atoms with Gasteiger partial charge in [0.25, 0.3) is 0 Å².